The maximum Gasteiger partial charge on any atom is 0.128 e. The highest BCUT2D eigenvalue weighted by atomic mass is 16.5. The van der Waals surface area contributed by atoms with Gasteiger partial charge in [0.15, 0.2) is 0 Å². The summed E-state index contributed by atoms with van der Waals surface area (Å²) < 4.78 is 5.41. The fourth-order valence-corrected chi connectivity index (χ4v) is 1.62. The Hall–Kier alpha value is -0.370. The van der Waals surface area contributed by atoms with Crippen LogP contribution in [0, 0.1) is 5.41 Å². The van der Waals surface area contributed by atoms with Crippen LogP contribution < -0.4 is 0 Å². The molecular formula is C9H16O2. The number of ether oxygens (including phenoxy) is 1. The number of hydrogen-bond acceptors (Lipinski definition) is 2. The molecule has 0 aromatic heterocycles. The predicted octanol–water partition coefficient (Wildman–Crippen LogP) is 1.78. The number of rotatable bonds is 4. The Morgan fingerprint density at radius 3 is 2.55 bits per heavy atom. The highest BCUT2D eigenvalue weighted by molar-refractivity contribution is 5.61. The van der Waals surface area contributed by atoms with Crippen LogP contribution in [-0.4, -0.2) is 19.0 Å². The van der Waals surface area contributed by atoms with Crippen LogP contribution in [0.2, 0.25) is 0 Å². The second-order valence-corrected chi connectivity index (χ2v) is 3.30. The molecule has 0 aromatic carbocycles. The fraction of sp³-hybridized carbons (Fsp3) is 0.889. The molecule has 2 heteroatoms. The molecule has 11 heavy (non-hydrogen) atoms. The van der Waals surface area contributed by atoms with Crippen LogP contribution in [-0.2, 0) is 9.53 Å². The largest absolute Gasteiger partial charge is 0.378 e. The van der Waals surface area contributed by atoms with Gasteiger partial charge in [-0.1, -0.05) is 6.42 Å². The van der Waals surface area contributed by atoms with Crippen molar-refractivity contribution in [1.82, 2.24) is 0 Å². The molecule has 1 fully saturated rings. The lowest BCUT2D eigenvalue weighted by Gasteiger charge is -2.41. The minimum absolute atomic E-state index is 0.110. The summed E-state index contributed by atoms with van der Waals surface area (Å²) >= 11 is 0. The van der Waals surface area contributed by atoms with Gasteiger partial charge in [0, 0.05) is 6.61 Å². The molecule has 0 saturated heterocycles. The molecule has 1 unspecified atom stereocenters. The first-order valence-corrected chi connectivity index (χ1v) is 4.33. The van der Waals surface area contributed by atoms with Crippen molar-refractivity contribution in [3.63, 3.8) is 0 Å². The van der Waals surface area contributed by atoms with E-state index < -0.39 is 0 Å². The quantitative estimate of drug-likeness (QED) is 0.580. The minimum atomic E-state index is -0.129. The summed E-state index contributed by atoms with van der Waals surface area (Å²) in [5.74, 6) is 0. The SMILES string of the molecule is CCOC(C)C1(C=O)CCC1. The molecule has 0 amide bonds. The van der Waals surface area contributed by atoms with E-state index in [-0.39, 0.29) is 11.5 Å². The molecule has 0 radical (unpaired) electrons. The third-order valence-corrected chi connectivity index (χ3v) is 2.75. The summed E-state index contributed by atoms with van der Waals surface area (Å²) in [5, 5.41) is 0. The molecule has 64 valence electrons. The highest BCUT2D eigenvalue weighted by Crippen LogP contribution is 2.42. The van der Waals surface area contributed by atoms with Crippen molar-refractivity contribution in [2.24, 2.45) is 5.41 Å². The predicted molar refractivity (Wildman–Crippen MR) is 43.4 cm³/mol. The van der Waals surface area contributed by atoms with Crippen molar-refractivity contribution in [3.8, 4) is 0 Å². The molecule has 1 rings (SSSR count). The zero-order valence-electron chi connectivity index (χ0n) is 7.30. The van der Waals surface area contributed by atoms with Crippen LogP contribution >= 0.6 is 0 Å². The van der Waals surface area contributed by atoms with Gasteiger partial charge >= 0.3 is 0 Å². The van der Waals surface area contributed by atoms with E-state index in [9.17, 15) is 4.79 Å². The summed E-state index contributed by atoms with van der Waals surface area (Å²) in [6.45, 7) is 4.67. The first kappa shape index (κ1) is 8.72. The number of hydrogen-bond donors (Lipinski definition) is 0. The Balaban J connectivity index is 2.47. The second kappa shape index (κ2) is 3.35. The molecule has 1 aliphatic rings. The molecule has 0 aliphatic heterocycles. The Kier molecular flexibility index (Phi) is 2.66. The Labute approximate surface area is 67.9 Å². The first-order chi connectivity index (χ1) is 5.25. The van der Waals surface area contributed by atoms with E-state index in [1.54, 1.807) is 0 Å². The Morgan fingerprint density at radius 1 is 1.64 bits per heavy atom. The molecule has 1 saturated carbocycles. The summed E-state index contributed by atoms with van der Waals surface area (Å²) in [4.78, 5) is 10.7. The van der Waals surface area contributed by atoms with Gasteiger partial charge in [-0.2, -0.15) is 0 Å². The van der Waals surface area contributed by atoms with Crippen LogP contribution in [0.15, 0.2) is 0 Å². The van der Waals surface area contributed by atoms with Crippen LogP contribution in [0.4, 0.5) is 0 Å². The molecule has 0 aromatic rings. The molecular weight excluding hydrogens is 140 g/mol. The van der Waals surface area contributed by atoms with E-state index in [4.69, 9.17) is 4.74 Å². The molecule has 0 N–H and O–H groups in total. The number of carbonyl (C=O) groups excluding carboxylic acids is 1. The average molecular weight is 156 g/mol. The van der Waals surface area contributed by atoms with Gasteiger partial charge in [-0.05, 0) is 26.7 Å². The van der Waals surface area contributed by atoms with Crippen molar-refractivity contribution < 1.29 is 9.53 Å². The van der Waals surface area contributed by atoms with Crippen LogP contribution in [0.5, 0.6) is 0 Å². The molecule has 0 spiro atoms. The highest BCUT2D eigenvalue weighted by Gasteiger charge is 2.42. The summed E-state index contributed by atoms with van der Waals surface area (Å²) in [7, 11) is 0. The molecule has 2 nitrogen and oxygen atoms in total. The third kappa shape index (κ3) is 1.45. The van der Waals surface area contributed by atoms with Crippen molar-refractivity contribution in [1.29, 1.82) is 0 Å². The van der Waals surface area contributed by atoms with Gasteiger partial charge < -0.3 is 9.53 Å². The lowest BCUT2D eigenvalue weighted by molar-refractivity contribution is -0.133. The summed E-state index contributed by atoms with van der Waals surface area (Å²) in [6, 6.07) is 0. The molecule has 0 bridgehead atoms. The van der Waals surface area contributed by atoms with Crippen LogP contribution in [0.1, 0.15) is 33.1 Å². The van der Waals surface area contributed by atoms with Gasteiger partial charge in [-0.25, -0.2) is 0 Å². The smallest absolute Gasteiger partial charge is 0.128 e. The maximum atomic E-state index is 10.7. The van der Waals surface area contributed by atoms with E-state index in [2.05, 4.69) is 0 Å². The van der Waals surface area contributed by atoms with Crippen LogP contribution in [0.3, 0.4) is 0 Å². The van der Waals surface area contributed by atoms with Gasteiger partial charge in [0.05, 0.1) is 11.5 Å². The van der Waals surface area contributed by atoms with E-state index >= 15 is 0 Å². The first-order valence-electron chi connectivity index (χ1n) is 4.33. The maximum absolute atomic E-state index is 10.7. The van der Waals surface area contributed by atoms with Crippen LogP contribution in [0.25, 0.3) is 0 Å². The molecule has 1 atom stereocenters. The van der Waals surface area contributed by atoms with Gasteiger partial charge in [-0.15, -0.1) is 0 Å². The van der Waals surface area contributed by atoms with Gasteiger partial charge in [0.1, 0.15) is 6.29 Å². The minimum Gasteiger partial charge on any atom is -0.378 e. The number of aldehydes is 1. The van der Waals surface area contributed by atoms with Crippen molar-refractivity contribution in [2.45, 2.75) is 39.2 Å². The van der Waals surface area contributed by atoms with E-state index in [0.29, 0.717) is 6.61 Å². The molecule has 1 aliphatic carbocycles. The topological polar surface area (TPSA) is 26.3 Å². The van der Waals surface area contributed by atoms with Crippen molar-refractivity contribution in [3.05, 3.63) is 0 Å². The normalized spacial score (nSPS) is 23.8. The van der Waals surface area contributed by atoms with E-state index in [0.717, 1.165) is 19.1 Å². The van der Waals surface area contributed by atoms with Crippen molar-refractivity contribution in [2.75, 3.05) is 6.61 Å². The van der Waals surface area contributed by atoms with E-state index in [1.807, 2.05) is 13.8 Å². The summed E-state index contributed by atoms with van der Waals surface area (Å²) in [5.41, 5.74) is -0.129. The fourth-order valence-electron chi connectivity index (χ4n) is 1.62. The standard InChI is InChI=1S/C9H16O2/c1-3-11-8(2)9(7-10)5-4-6-9/h7-8H,3-6H2,1-2H3. The number of carbonyl (C=O) groups is 1. The van der Waals surface area contributed by atoms with Gasteiger partial charge in [0.25, 0.3) is 0 Å². The van der Waals surface area contributed by atoms with Crippen molar-refractivity contribution >= 4 is 6.29 Å². The second-order valence-electron chi connectivity index (χ2n) is 3.30. The lowest BCUT2D eigenvalue weighted by atomic mass is 9.66. The Morgan fingerprint density at radius 2 is 2.27 bits per heavy atom. The zero-order valence-corrected chi connectivity index (χ0v) is 7.30. The zero-order chi connectivity index (χ0) is 8.32. The summed E-state index contributed by atoms with van der Waals surface area (Å²) in [6.07, 6.45) is 4.39. The third-order valence-electron chi connectivity index (χ3n) is 2.75. The van der Waals surface area contributed by atoms with E-state index in [1.165, 1.54) is 6.42 Å². The Bertz CT molecular complexity index is 138. The van der Waals surface area contributed by atoms with Gasteiger partial charge in [-0.3, -0.25) is 0 Å². The lowest BCUT2D eigenvalue weighted by Crippen LogP contribution is -2.42. The van der Waals surface area contributed by atoms with Gasteiger partial charge in [0.2, 0.25) is 0 Å². The monoisotopic (exact) mass is 156 g/mol. The average Bonchev–Trinajstić information content (AvgIpc) is 1.87. The molecule has 0 heterocycles.